The molecule has 110 valence electrons. The molecule has 0 radical (unpaired) electrons. The molecular formula is C15H24N4O. The van der Waals surface area contributed by atoms with Crippen molar-refractivity contribution in [2.24, 2.45) is 0 Å². The summed E-state index contributed by atoms with van der Waals surface area (Å²) in [6.07, 6.45) is 2.04. The van der Waals surface area contributed by atoms with E-state index in [0.717, 1.165) is 30.2 Å². The first kappa shape index (κ1) is 14.8. The van der Waals surface area contributed by atoms with Crippen LogP contribution < -0.4 is 10.2 Å². The third-order valence-electron chi connectivity index (χ3n) is 3.34. The van der Waals surface area contributed by atoms with Crippen LogP contribution in [0.25, 0.3) is 5.65 Å². The van der Waals surface area contributed by atoms with E-state index in [9.17, 15) is 5.11 Å². The van der Waals surface area contributed by atoms with E-state index in [2.05, 4.69) is 35.4 Å². The van der Waals surface area contributed by atoms with Crippen LogP contribution in [0.2, 0.25) is 0 Å². The summed E-state index contributed by atoms with van der Waals surface area (Å²) in [7, 11) is 0. The molecule has 0 unspecified atom stereocenters. The van der Waals surface area contributed by atoms with Crippen molar-refractivity contribution in [2.45, 2.75) is 33.4 Å². The lowest BCUT2D eigenvalue weighted by molar-refractivity contribution is 0.302. The standard InChI is InChI=1S/C15H24N4O/c1-4-18(9-10-20)15-13(11-16-12(2)3)19-8-6-5-7-14(19)17-15/h5-8,12,16,20H,4,9-11H2,1-3H3. The van der Waals surface area contributed by atoms with Crippen molar-refractivity contribution in [1.29, 1.82) is 0 Å². The molecular weight excluding hydrogens is 252 g/mol. The topological polar surface area (TPSA) is 52.8 Å². The smallest absolute Gasteiger partial charge is 0.152 e. The number of rotatable bonds is 7. The molecule has 0 saturated heterocycles. The van der Waals surface area contributed by atoms with Gasteiger partial charge in [-0.25, -0.2) is 4.98 Å². The first-order valence-electron chi connectivity index (χ1n) is 7.22. The van der Waals surface area contributed by atoms with Gasteiger partial charge in [-0.05, 0) is 19.1 Å². The molecule has 2 aromatic heterocycles. The lowest BCUT2D eigenvalue weighted by Gasteiger charge is -2.21. The van der Waals surface area contributed by atoms with Gasteiger partial charge in [-0.1, -0.05) is 19.9 Å². The van der Waals surface area contributed by atoms with Gasteiger partial charge in [-0.15, -0.1) is 0 Å². The molecule has 0 aromatic carbocycles. The van der Waals surface area contributed by atoms with Crippen LogP contribution in [0.4, 0.5) is 5.82 Å². The molecule has 0 fully saturated rings. The average Bonchev–Trinajstić information content (AvgIpc) is 2.81. The molecule has 5 nitrogen and oxygen atoms in total. The lowest BCUT2D eigenvalue weighted by atomic mass is 10.3. The number of pyridine rings is 1. The number of nitrogens with one attached hydrogen (secondary N) is 1. The van der Waals surface area contributed by atoms with Crippen molar-refractivity contribution in [3.8, 4) is 0 Å². The van der Waals surface area contributed by atoms with Crippen LogP contribution in [0.1, 0.15) is 26.5 Å². The highest BCUT2D eigenvalue weighted by molar-refractivity contribution is 5.56. The molecule has 5 heteroatoms. The number of likely N-dealkylation sites (N-methyl/N-ethyl adjacent to an activating group) is 1. The Labute approximate surface area is 120 Å². The number of aliphatic hydroxyl groups excluding tert-OH is 1. The Bertz CT molecular complexity index is 550. The second-order valence-electron chi connectivity index (χ2n) is 5.15. The predicted octanol–water partition coefficient (Wildman–Crippen LogP) is 1.65. The van der Waals surface area contributed by atoms with Gasteiger partial charge in [-0.2, -0.15) is 0 Å². The highest BCUT2D eigenvalue weighted by Gasteiger charge is 2.16. The maximum absolute atomic E-state index is 9.22. The van der Waals surface area contributed by atoms with Crippen molar-refractivity contribution < 1.29 is 5.11 Å². The number of fused-ring (bicyclic) bond motifs is 1. The maximum Gasteiger partial charge on any atom is 0.152 e. The first-order chi connectivity index (χ1) is 9.67. The van der Waals surface area contributed by atoms with Crippen molar-refractivity contribution in [3.05, 3.63) is 30.1 Å². The number of aliphatic hydroxyl groups is 1. The second kappa shape index (κ2) is 6.72. The fourth-order valence-electron chi connectivity index (χ4n) is 2.29. The zero-order valence-corrected chi connectivity index (χ0v) is 12.5. The van der Waals surface area contributed by atoms with Crippen molar-refractivity contribution in [2.75, 3.05) is 24.6 Å². The van der Waals surface area contributed by atoms with Crippen LogP contribution in [0.15, 0.2) is 24.4 Å². The van der Waals surface area contributed by atoms with Gasteiger partial charge >= 0.3 is 0 Å². The van der Waals surface area contributed by atoms with E-state index >= 15 is 0 Å². The van der Waals surface area contributed by atoms with E-state index in [-0.39, 0.29) is 6.61 Å². The average molecular weight is 276 g/mol. The van der Waals surface area contributed by atoms with Crippen molar-refractivity contribution in [3.63, 3.8) is 0 Å². The fourth-order valence-corrected chi connectivity index (χ4v) is 2.29. The van der Waals surface area contributed by atoms with E-state index in [4.69, 9.17) is 4.98 Å². The third kappa shape index (κ3) is 3.11. The van der Waals surface area contributed by atoms with Crippen LogP contribution in [0.3, 0.4) is 0 Å². The minimum Gasteiger partial charge on any atom is -0.395 e. The molecule has 0 aliphatic carbocycles. The van der Waals surface area contributed by atoms with Gasteiger partial charge < -0.3 is 19.7 Å². The number of anilines is 1. The molecule has 0 bridgehead atoms. The first-order valence-corrected chi connectivity index (χ1v) is 7.22. The Balaban J connectivity index is 2.42. The van der Waals surface area contributed by atoms with E-state index in [1.54, 1.807) is 0 Å². The van der Waals surface area contributed by atoms with E-state index in [0.29, 0.717) is 12.6 Å². The van der Waals surface area contributed by atoms with Crippen molar-refractivity contribution in [1.82, 2.24) is 14.7 Å². The van der Waals surface area contributed by atoms with E-state index in [1.165, 1.54) is 0 Å². The highest BCUT2D eigenvalue weighted by Crippen LogP contribution is 2.21. The summed E-state index contributed by atoms with van der Waals surface area (Å²) in [5.41, 5.74) is 2.09. The molecule has 2 heterocycles. The van der Waals surface area contributed by atoms with Gasteiger partial charge in [0, 0.05) is 31.9 Å². The van der Waals surface area contributed by atoms with Crippen LogP contribution in [0, 0.1) is 0 Å². The Morgan fingerprint density at radius 2 is 2.20 bits per heavy atom. The molecule has 0 saturated carbocycles. The van der Waals surface area contributed by atoms with E-state index in [1.807, 2.05) is 24.4 Å². The summed E-state index contributed by atoms with van der Waals surface area (Å²) >= 11 is 0. The number of nitrogens with zero attached hydrogens (tertiary/aromatic N) is 3. The predicted molar refractivity (Wildman–Crippen MR) is 82.1 cm³/mol. The Morgan fingerprint density at radius 1 is 1.40 bits per heavy atom. The zero-order chi connectivity index (χ0) is 14.5. The summed E-state index contributed by atoms with van der Waals surface area (Å²) in [5, 5.41) is 12.7. The molecule has 0 atom stereocenters. The number of aromatic nitrogens is 2. The number of hydrogen-bond acceptors (Lipinski definition) is 4. The van der Waals surface area contributed by atoms with Crippen LogP contribution >= 0.6 is 0 Å². The Hall–Kier alpha value is -1.59. The SMILES string of the molecule is CCN(CCO)c1nc2ccccn2c1CNC(C)C. The molecule has 0 spiro atoms. The maximum atomic E-state index is 9.22. The van der Waals surface area contributed by atoms with Crippen molar-refractivity contribution >= 4 is 11.5 Å². The summed E-state index contributed by atoms with van der Waals surface area (Å²) in [4.78, 5) is 6.83. The van der Waals surface area contributed by atoms with Gasteiger partial charge in [0.15, 0.2) is 5.82 Å². The van der Waals surface area contributed by atoms with Crippen LogP contribution in [-0.2, 0) is 6.54 Å². The third-order valence-corrected chi connectivity index (χ3v) is 3.34. The summed E-state index contributed by atoms with van der Waals surface area (Å²) < 4.78 is 2.12. The molecule has 2 rings (SSSR count). The monoisotopic (exact) mass is 276 g/mol. The quantitative estimate of drug-likeness (QED) is 0.807. The molecule has 0 aliphatic heterocycles. The molecule has 2 N–H and O–H groups in total. The minimum atomic E-state index is 0.138. The van der Waals surface area contributed by atoms with Gasteiger partial charge in [0.2, 0.25) is 0 Å². The number of imidazole rings is 1. The van der Waals surface area contributed by atoms with Crippen LogP contribution in [0.5, 0.6) is 0 Å². The van der Waals surface area contributed by atoms with Gasteiger partial charge in [-0.3, -0.25) is 0 Å². The van der Waals surface area contributed by atoms with Gasteiger partial charge in [0.1, 0.15) is 5.65 Å². The number of hydrogen-bond donors (Lipinski definition) is 2. The molecule has 20 heavy (non-hydrogen) atoms. The molecule has 0 aliphatic rings. The fraction of sp³-hybridized carbons (Fsp3) is 0.533. The normalized spacial score (nSPS) is 11.4. The largest absolute Gasteiger partial charge is 0.395 e. The van der Waals surface area contributed by atoms with E-state index < -0.39 is 0 Å². The highest BCUT2D eigenvalue weighted by atomic mass is 16.3. The van der Waals surface area contributed by atoms with Gasteiger partial charge in [0.05, 0.1) is 12.3 Å². The lowest BCUT2D eigenvalue weighted by Crippen LogP contribution is -2.29. The zero-order valence-electron chi connectivity index (χ0n) is 12.5. The Kier molecular flexibility index (Phi) is 4.98. The molecule has 2 aromatic rings. The summed E-state index contributed by atoms with van der Waals surface area (Å²) in [5.74, 6) is 0.959. The van der Waals surface area contributed by atoms with Gasteiger partial charge in [0.25, 0.3) is 0 Å². The Morgan fingerprint density at radius 3 is 2.85 bits per heavy atom. The van der Waals surface area contributed by atoms with Crippen LogP contribution in [-0.4, -0.2) is 40.2 Å². The molecule has 0 amide bonds. The summed E-state index contributed by atoms with van der Waals surface area (Å²) in [6.45, 7) is 8.69. The minimum absolute atomic E-state index is 0.138. The summed E-state index contributed by atoms with van der Waals surface area (Å²) in [6, 6.07) is 6.44. The second-order valence-corrected chi connectivity index (χ2v) is 5.15.